The van der Waals surface area contributed by atoms with Crippen LogP contribution in [0, 0.1) is 5.82 Å². The van der Waals surface area contributed by atoms with Crippen molar-refractivity contribution in [2.75, 3.05) is 24.6 Å². The van der Waals surface area contributed by atoms with E-state index in [9.17, 15) is 14.0 Å². The van der Waals surface area contributed by atoms with Crippen LogP contribution in [0.15, 0.2) is 47.5 Å². The lowest BCUT2D eigenvalue weighted by molar-refractivity contribution is -0.143. The maximum absolute atomic E-state index is 14.4. The lowest BCUT2D eigenvalue weighted by atomic mass is 9.99. The molecule has 0 unspecified atom stereocenters. The van der Waals surface area contributed by atoms with Gasteiger partial charge in [-0.05, 0) is 30.3 Å². The summed E-state index contributed by atoms with van der Waals surface area (Å²) < 4.78 is 19.5. The third-order valence-electron chi connectivity index (χ3n) is 4.17. The minimum Gasteiger partial charge on any atom is -0.464 e. The van der Waals surface area contributed by atoms with Gasteiger partial charge in [0, 0.05) is 22.6 Å². The van der Waals surface area contributed by atoms with Crippen LogP contribution in [0.5, 0.6) is 0 Å². The predicted octanol–water partition coefficient (Wildman–Crippen LogP) is 3.62. The summed E-state index contributed by atoms with van der Waals surface area (Å²) in [5.74, 6) is -1.03. The molecule has 3 rings (SSSR count). The van der Waals surface area contributed by atoms with E-state index < -0.39 is 5.82 Å². The highest BCUT2D eigenvalue weighted by molar-refractivity contribution is 6.32. The molecule has 0 bridgehead atoms. The Bertz CT molecular complexity index is 914. The molecule has 0 atom stereocenters. The molecule has 0 N–H and O–H groups in total. The maximum atomic E-state index is 14.4. The van der Waals surface area contributed by atoms with Crippen molar-refractivity contribution in [1.82, 2.24) is 0 Å². The van der Waals surface area contributed by atoms with Crippen LogP contribution in [0.3, 0.4) is 0 Å². The van der Waals surface area contributed by atoms with Crippen LogP contribution in [-0.2, 0) is 14.3 Å². The Morgan fingerprint density at radius 3 is 2.78 bits per heavy atom. The summed E-state index contributed by atoms with van der Waals surface area (Å²) in [7, 11) is 0. The Morgan fingerprint density at radius 2 is 2.04 bits per heavy atom. The lowest BCUT2D eigenvalue weighted by Crippen LogP contribution is -2.35. The molecule has 7 heteroatoms. The Hall–Kier alpha value is -2.73. The smallest absolute Gasteiger partial charge is 0.305 e. The number of nitrogens with zero attached hydrogens (tertiary/aromatic N) is 2. The fourth-order valence-corrected chi connectivity index (χ4v) is 3.04. The van der Waals surface area contributed by atoms with Crippen molar-refractivity contribution in [3.8, 4) is 0 Å². The number of aliphatic imine (C=N–C) groups is 1. The number of benzodiazepines with no additional fused rings is 1. The lowest BCUT2D eigenvalue weighted by Gasteiger charge is -2.23. The zero-order valence-electron chi connectivity index (χ0n) is 14.7. The number of hydrogen-bond acceptors (Lipinski definition) is 4. The molecule has 0 radical (unpaired) electrons. The number of amides is 1. The summed E-state index contributed by atoms with van der Waals surface area (Å²) in [5, 5.41) is 0.449. The van der Waals surface area contributed by atoms with E-state index in [-0.39, 0.29) is 38.0 Å². The molecule has 0 aromatic heterocycles. The van der Waals surface area contributed by atoms with E-state index in [2.05, 4.69) is 4.99 Å². The molecule has 5 nitrogen and oxygen atoms in total. The normalized spacial score (nSPS) is 13.7. The highest BCUT2D eigenvalue weighted by atomic mass is 35.5. The minimum absolute atomic E-state index is 0.0650. The van der Waals surface area contributed by atoms with Crippen LogP contribution in [0.1, 0.15) is 24.5 Å². The van der Waals surface area contributed by atoms with Crippen LogP contribution in [0.4, 0.5) is 10.1 Å². The van der Waals surface area contributed by atoms with Gasteiger partial charge in [0.15, 0.2) is 0 Å². The average molecular weight is 389 g/mol. The number of carbonyl (C=O) groups is 2. The Kier molecular flexibility index (Phi) is 5.86. The van der Waals surface area contributed by atoms with E-state index in [1.807, 2.05) is 0 Å². The van der Waals surface area contributed by atoms with E-state index in [0.29, 0.717) is 27.5 Å². The quantitative estimate of drug-likeness (QED) is 0.735. The second-order valence-electron chi connectivity index (χ2n) is 5.93. The van der Waals surface area contributed by atoms with Crippen LogP contribution in [0.2, 0.25) is 5.02 Å². The van der Waals surface area contributed by atoms with Crippen molar-refractivity contribution in [2.24, 2.45) is 4.99 Å². The molecule has 1 aliphatic heterocycles. The van der Waals surface area contributed by atoms with Crippen molar-refractivity contribution in [3.05, 3.63) is 64.4 Å². The Morgan fingerprint density at radius 1 is 1.26 bits per heavy atom. The summed E-state index contributed by atoms with van der Waals surface area (Å²) in [6.45, 7) is 1.80. The van der Waals surface area contributed by atoms with Gasteiger partial charge in [0.05, 0.1) is 17.9 Å². The standard InChI is InChI=1S/C20H18ClFN2O3/c1-2-19(26)27-10-9-24-17-8-7-13(21)11-15(17)20(23-12-18(24)25)14-5-3-4-6-16(14)22/h3-8,11H,2,9-10,12H2,1H3. The largest absolute Gasteiger partial charge is 0.464 e. The van der Waals surface area contributed by atoms with Gasteiger partial charge in [-0.1, -0.05) is 30.7 Å². The molecule has 1 heterocycles. The summed E-state index contributed by atoms with van der Waals surface area (Å²) in [4.78, 5) is 29.8. The van der Waals surface area contributed by atoms with Crippen LogP contribution < -0.4 is 4.90 Å². The van der Waals surface area contributed by atoms with Gasteiger partial charge in [-0.15, -0.1) is 0 Å². The first-order valence-corrected chi connectivity index (χ1v) is 8.94. The first kappa shape index (κ1) is 19.0. The second kappa shape index (κ2) is 8.31. The van der Waals surface area contributed by atoms with Gasteiger partial charge in [0.1, 0.15) is 19.0 Å². The molecule has 0 fully saturated rings. The molecule has 0 saturated carbocycles. The van der Waals surface area contributed by atoms with Gasteiger partial charge in [-0.3, -0.25) is 14.6 Å². The van der Waals surface area contributed by atoms with Crippen molar-refractivity contribution < 1.29 is 18.7 Å². The van der Waals surface area contributed by atoms with E-state index >= 15 is 0 Å². The monoisotopic (exact) mass is 388 g/mol. The molecular formula is C20H18ClFN2O3. The van der Waals surface area contributed by atoms with Crippen molar-refractivity contribution in [3.63, 3.8) is 0 Å². The molecule has 0 aliphatic carbocycles. The van der Waals surface area contributed by atoms with Crippen molar-refractivity contribution >= 4 is 34.9 Å². The van der Waals surface area contributed by atoms with Crippen LogP contribution in [0.25, 0.3) is 0 Å². The SMILES string of the molecule is CCC(=O)OCCN1C(=O)CN=C(c2ccccc2F)c2cc(Cl)ccc21. The highest BCUT2D eigenvalue weighted by Crippen LogP contribution is 2.30. The van der Waals surface area contributed by atoms with Crippen LogP contribution >= 0.6 is 11.6 Å². The topological polar surface area (TPSA) is 59.0 Å². The zero-order chi connectivity index (χ0) is 19.4. The minimum atomic E-state index is -0.431. The number of fused-ring (bicyclic) bond motifs is 1. The van der Waals surface area contributed by atoms with Gasteiger partial charge in [0.25, 0.3) is 0 Å². The second-order valence-corrected chi connectivity index (χ2v) is 6.36. The van der Waals surface area contributed by atoms with Gasteiger partial charge < -0.3 is 9.64 Å². The number of ether oxygens (including phenoxy) is 1. The third-order valence-corrected chi connectivity index (χ3v) is 4.41. The molecular weight excluding hydrogens is 371 g/mol. The van der Waals surface area contributed by atoms with Gasteiger partial charge in [0.2, 0.25) is 5.91 Å². The van der Waals surface area contributed by atoms with E-state index in [4.69, 9.17) is 16.3 Å². The van der Waals surface area contributed by atoms with Crippen LogP contribution in [-0.4, -0.2) is 37.3 Å². The average Bonchev–Trinajstić information content (AvgIpc) is 2.79. The van der Waals surface area contributed by atoms with Gasteiger partial charge >= 0.3 is 5.97 Å². The maximum Gasteiger partial charge on any atom is 0.305 e. The molecule has 0 spiro atoms. The number of benzene rings is 2. The summed E-state index contributed by atoms with van der Waals surface area (Å²) in [6, 6.07) is 11.3. The number of halogens is 2. The number of hydrogen-bond donors (Lipinski definition) is 0. The molecule has 1 aliphatic rings. The summed E-state index contributed by atoms with van der Waals surface area (Å²) >= 11 is 6.15. The number of rotatable bonds is 5. The molecule has 1 amide bonds. The fraction of sp³-hybridized carbons (Fsp3) is 0.250. The molecule has 0 saturated heterocycles. The molecule has 2 aromatic carbocycles. The third kappa shape index (κ3) is 4.17. The molecule has 2 aromatic rings. The summed E-state index contributed by atoms with van der Waals surface area (Å²) in [5.41, 5.74) is 1.77. The number of carbonyl (C=O) groups excluding carboxylic acids is 2. The Balaban J connectivity index is 2.01. The molecule has 140 valence electrons. The zero-order valence-corrected chi connectivity index (χ0v) is 15.5. The van der Waals surface area contributed by atoms with Gasteiger partial charge in [-0.2, -0.15) is 0 Å². The highest BCUT2D eigenvalue weighted by Gasteiger charge is 2.26. The van der Waals surface area contributed by atoms with E-state index in [0.717, 1.165) is 0 Å². The van der Waals surface area contributed by atoms with Crippen molar-refractivity contribution in [2.45, 2.75) is 13.3 Å². The number of esters is 1. The number of anilines is 1. The van der Waals surface area contributed by atoms with E-state index in [1.165, 1.54) is 11.0 Å². The Labute approximate surface area is 161 Å². The molecule has 27 heavy (non-hydrogen) atoms. The predicted molar refractivity (Wildman–Crippen MR) is 102 cm³/mol. The summed E-state index contributed by atoms with van der Waals surface area (Å²) in [6.07, 6.45) is 0.265. The van der Waals surface area contributed by atoms with E-state index in [1.54, 1.807) is 43.3 Å². The first-order chi connectivity index (χ1) is 13.0. The van der Waals surface area contributed by atoms with Gasteiger partial charge in [-0.25, -0.2) is 4.39 Å². The van der Waals surface area contributed by atoms with Crippen molar-refractivity contribution in [1.29, 1.82) is 0 Å². The fourth-order valence-electron chi connectivity index (χ4n) is 2.87. The first-order valence-electron chi connectivity index (χ1n) is 8.56.